The molecule has 146 valence electrons. The Labute approximate surface area is 158 Å². The average Bonchev–Trinajstić information content (AvgIpc) is 2.64. The number of nitrogens with one attached hydrogen (secondary N) is 1. The average molecular weight is 392 g/mol. The fourth-order valence-corrected chi connectivity index (χ4v) is 2.63. The van der Waals surface area contributed by atoms with Gasteiger partial charge in [0.15, 0.2) is 5.78 Å². The van der Waals surface area contributed by atoms with E-state index >= 15 is 0 Å². The largest absolute Gasteiger partial charge is 0.417 e. The summed E-state index contributed by atoms with van der Waals surface area (Å²) in [6.07, 6.45) is -4.93. The number of hydrogen-bond donors (Lipinski definition) is 1. The highest BCUT2D eigenvalue weighted by atomic mass is 19.4. The number of ketones is 1. The minimum absolute atomic E-state index is 0.169. The van der Waals surface area contributed by atoms with E-state index in [-0.39, 0.29) is 5.56 Å². The Hall–Kier alpha value is -3.21. The number of hydrogen-bond acceptors (Lipinski definition) is 3. The lowest BCUT2D eigenvalue weighted by atomic mass is 9.93. The van der Waals surface area contributed by atoms with Gasteiger partial charge in [-0.2, -0.15) is 18.4 Å². The van der Waals surface area contributed by atoms with E-state index in [0.717, 1.165) is 12.1 Å². The molecule has 4 nitrogen and oxygen atoms in total. The molecular formula is C20H16F4N2O2. The third kappa shape index (κ3) is 4.55. The molecule has 1 amide bonds. The highest BCUT2D eigenvalue weighted by Crippen LogP contribution is 2.33. The Morgan fingerprint density at radius 2 is 1.68 bits per heavy atom. The van der Waals surface area contributed by atoms with Crippen LogP contribution in [0, 0.1) is 23.1 Å². The number of alkyl halides is 3. The topological polar surface area (TPSA) is 70.0 Å². The molecule has 0 heterocycles. The van der Waals surface area contributed by atoms with E-state index in [1.807, 2.05) is 6.07 Å². The number of amides is 1. The molecule has 0 fully saturated rings. The summed E-state index contributed by atoms with van der Waals surface area (Å²) in [5.41, 5.74) is -2.09. The van der Waals surface area contributed by atoms with Gasteiger partial charge in [-0.1, -0.05) is 32.0 Å². The molecular weight excluding hydrogens is 376 g/mol. The predicted octanol–water partition coefficient (Wildman–Crippen LogP) is 4.35. The van der Waals surface area contributed by atoms with Gasteiger partial charge in [0, 0.05) is 5.56 Å². The van der Waals surface area contributed by atoms with Crippen molar-refractivity contribution < 1.29 is 27.2 Å². The summed E-state index contributed by atoms with van der Waals surface area (Å²) in [4.78, 5) is 25.1. The van der Waals surface area contributed by atoms with E-state index in [9.17, 15) is 27.2 Å². The van der Waals surface area contributed by atoms with Gasteiger partial charge in [0.05, 0.1) is 28.8 Å². The van der Waals surface area contributed by atoms with Gasteiger partial charge in [-0.25, -0.2) is 4.39 Å². The summed E-state index contributed by atoms with van der Waals surface area (Å²) in [5.74, 6) is -3.70. The molecule has 28 heavy (non-hydrogen) atoms. The second-order valence-corrected chi connectivity index (χ2v) is 6.41. The lowest BCUT2D eigenvalue weighted by Gasteiger charge is -2.22. The zero-order valence-electron chi connectivity index (χ0n) is 15.0. The molecule has 0 spiro atoms. The second-order valence-electron chi connectivity index (χ2n) is 6.41. The van der Waals surface area contributed by atoms with Crippen LogP contribution in [-0.4, -0.2) is 17.7 Å². The Morgan fingerprint density at radius 3 is 2.18 bits per heavy atom. The van der Waals surface area contributed by atoms with Gasteiger partial charge < -0.3 is 5.32 Å². The third-order valence-corrected chi connectivity index (χ3v) is 4.08. The lowest BCUT2D eigenvalue weighted by Crippen LogP contribution is -2.45. The first-order valence-corrected chi connectivity index (χ1v) is 8.27. The maximum atomic E-state index is 14.0. The molecule has 2 aromatic rings. The molecule has 0 aliphatic carbocycles. The molecule has 0 aromatic heterocycles. The summed E-state index contributed by atoms with van der Waals surface area (Å²) in [6.45, 7) is 3.19. The molecule has 2 rings (SSSR count). The summed E-state index contributed by atoms with van der Waals surface area (Å²) in [7, 11) is 0. The smallest absolute Gasteiger partial charge is 0.341 e. The van der Waals surface area contributed by atoms with Crippen LogP contribution in [0.4, 0.5) is 17.6 Å². The van der Waals surface area contributed by atoms with E-state index in [0.29, 0.717) is 11.6 Å². The van der Waals surface area contributed by atoms with Crippen LogP contribution in [0.15, 0.2) is 42.5 Å². The third-order valence-electron chi connectivity index (χ3n) is 4.08. The molecule has 1 atom stereocenters. The summed E-state index contributed by atoms with van der Waals surface area (Å²) in [5, 5.41) is 11.0. The monoisotopic (exact) mass is 392 g/mol. The van der Waals surface area contributed by atoms with Crippen LogP contribution < -0.4 is 5.32 Å². The summed E-state index contributed by atoms with van der Waals surface area (Å²) < 4.78 is 53.4. The van der Waals surface area contributed by atoms with Gasteiger partial charge in [0.2, 0.25) is 0 Å². The van der Waals surface area contributed by atoms with Crippen LogP contribution in [0.3, 0.4) is 0 Å². The van der Waals surface area contributed by atoms with E-state index in [2.05, 4.69) is 5.32 Å². The number of rotatable bonds is 5. The quantitative estimate of drug-likeness (QED) is 0.607. The van der Waals surface area contributed by atoms with Crippen LogP contribution >= 0.6 is 0 Å². The molecule has 2 aromatic carbocycles. The van der Waals surface area contributed by atoms with Crippen molar-refractivity contribution in [2.45, 2.75) is 26.1 Å². The van der Waals surface area contributed by atoms with Crippen molar-refractivity contribution in [1.29, 1.82) is 5.26 Å². The van der Waals surface area contributed by atoms with E-state index in [4.69, 9.17) is 5.26 Å². The Balaban J connectivity index is 2.36. The maximum absolute atomic E-state index is 14.0. The minimum Gasteiger partial charge on any atom is -0.341 e. The van der Waals surface area contributed by atoms with Gasteiger partial charge in [0.1, 0.15) is 5.82 Å². The normalized spacial score (nSPS) is 12.4. The van der Waals surface area contributed by atoms with Crippen LogP contribution in [-0.2, 0) is 6.18 Å². The second kappa shape index (κ2) is 8.21. The van der Waals surface area contributed by atoms with Gasteiger partial charge in [-0.05, 0) is 30.2 Å². The lowest BCUT2D eigenvalue weighted by molar-refractivity contribution is -0.138. The van der Waals surface area contributed by atoms with Crippen LogP contribution in [0.1, 0.15) is 45.7 Å². The minimum atomic E-state index is -4.93. The van der Waals surface area contributed by atoms with Crippen LogP contribution in [0.5, 0.6) is 0 Å². The van der Waals surface area contributed by atoms with E-state index < -0.39 is 46.8 Å². The van der Waals surface area contributed by atoms with Crippen molar-refractivity contribution in [3.8, 4) is 6.07 Å². The molecule has 0 radical (unpaired) electrons. The van der Waals surface area contributed by atoms with Gasteiger partial charge >= 0.3 is 6.18 Å². The molecule has 0 saturated carbocycles. The van der Waals surface area contributed by atoms with Crippen molar-refractivity contribution in [3.63, 3.8) is 0 Å². The fraction of sp³-hybridized carbons (Fsp3) is 0.250. The SMILES string of the molecule is CC(C)C(NC(=O)c1c(F)cccc1C(F)(F)F)C(=O)c1ccc(C#N)cc1. The number of carbonyl (C=O) groups is 2. The van der Waals surface area contributed by atoms with Crippen molar-refractivity contribution in [1.82, 2.24) is 5.32 Å². The number of halogens is 4. The first-order chi connectivity index (χ1) is 13.1. The Bertz CT molecular complexity index is 929. The zero-order chi connectivity index (χ0) is 21.1. The Kier molecular flexibility index (Phi) is 6.19. The molecule has 1 unspecified atom stereocenters. The molecule has 1 N–H and O–H groups in total. The number of Topliss-reactive ketones (excluding diaryl/α,β-unsaturated/α-hetero) is 1. The number of nitrogens with zero attached hydrogens (tertiary/aromatic N) is 1. The molecule has 0 saturated heterocycles. The number of nitriles is 1. The maximum Gasteiger partial charge on any atom is 0.417 e. The van der Waals surface area contributed by atoms with Gasteiger partial charge in [-0.15, -0.1) is 0 Å². The van der Waals surface area contributed by atoms with Crippen LogP contribution in [0.25, 0.3) is 0 Å². The number of carbonyl (C=O) groups excluding carboxylic acids is 2. The summed E-state index contributed by atoms with van der Waals surface area (Å²) in [6, 6.07) is 8.50. The molecule has 8 heteroatoms. The zero-order valence-corrected chi connectivity index (χ0v) is 15.0. The molecule has 0 bridgehead atoms. The standard InChI is InChI=1S/C20H16F4N2O2/c1-11(2)17(18(27)13-8-6-12(10-25)7-9-13)26-19(28)16-14(20(22,23)24)4-3-5-15(16)21/h3-9,11,17H,1-2H3,(H,26,28). The highest BCUT2D eigenvalue weighted by Gasteiger charge is 2.38. The van der Waals surface area contributed by atoms with Crippen molar-refractivity contribution >= 4 is 11.7 Å². The van der Waals surface area contributed by atoms with Gasteiger partial charge in [0.25, 0.3) is 5.91 Å². The van der Waals surface area contributed by atoms with Gasteiger partial charge in [-0.3, -0.25) is 9.59 Å². The summed E-state index contributed by atoms with van der Waals surface area (Å²) >= 11 is 0. The van der Waals surface area contributed by atoms with Crippen molar-refractivity contribution in [2.24, 2.45) is 5.92 Å². The number of benzene rings is 2. The molecule has 0 aliphatic rings. The van der Waals surface area contributed by atoms with Crippen molar-refractivity contribution in [3.05, 3.63) is 70.5 Å². The first-order valence-electron chi connectivity index (χ1n) is 8.27. The predicted molar refractivity (Wildman–Crippen MR) is 93.0 cm³/mol. The first kappa shape index (κ1) is 21.1. The van der Waals surface area contributed by atoms with Crippen molar-refractivity contribution in [2.75, 3.05) is 0 Å². The fourth-order valence-electron chi connectivity index (χ4n) is 2.63. The van der Waals surface area contributed by atoms with Crippen LogP contribution in [0.2, 0.25) is 0 Å². The van der Waals surface area contributed by atoms with E-state index in [1.54, 1.807) is 13.8 Å². The van der Waals surface area contributed by atoms with E-state index in [1.165, 1.54) is 24.3 Å². The Morgan fingerprint density at radius 1 is 1.07 bits per heavy atom. The molecule has 0 aliphatic heterocycles. The highest BCUT2D eigenvalue weighted by molar-refractivity contribution is 6.05.